The zero-order chi connectivity index (χ0) is 19.6. The molecule has 1 atom stereocenters. The van der Waals surface area contributed by atoms with Crippen molar-refractivity contribution in [1.29, 1.82) is 0 Å². The Kier molecular flexibility index (Phi) is 4.98. The molecule has 0 spiro atoms. The number of rotatable bonds is 5. The highest BCUT2D eigenvalue weighted by Crippen LogP contribution is 2.22. The van der Waals surface area contributed by atoms with Crippen LogP contribution in [0.3, 0.4) is 0 Å². The van der Waals surface area contributed by atoms with Crippen molar-refractivity contribution in [3.05, 3.63) is 65.5 Å². The number of amides is 3. The summed E-state index contributed by atoms with van der Waals surface area (Å²) in [6.07, 6.45) is -1.17. The van der Waals surface area contributed by atoms with Gasteiger partial charge in [-0.1, -0.05) is 12.1 Å². The lowest BCUT2D eigenvalue weighted by atomic mass is 10.1. The van der Waals surface area contributed by atoms with Gasteiger partial charge in [-0.25, -0.2) is 4.39 Å². The Labute approximate surface area is 153 Å². The Morgan fingerprint density at radius 3 is 2.15 bits per heavy atom. The first-order valence-corrected chi connectivity index (χ1v) is 8.08. The molecule has 27 heavy (non-hydrogen) atoms. The van der Waals surface area contributed by atoms with Gasteiger partial charge in [0.2, 0.25) is 0 Å². The Morgan fingerprint density at radius 2 is 1.59 bits per heavy atom. The van der Waals surface area contributed by atoms with E-state index in [0.29, 0.717) is 5.69 Å². The molecule has 8 heteroatoms. The Morgan fingerprint density at radius 1 is 1.04 bits per heavy atom. The molecule has 0 bridgehead atoms. The molecule has 0 fully saturated rings. The minimum atomic E-state index is -1.17. The van der Waals surface area contributed by atoms with Crippen molar-refractivity contribution in [2.75, 3.05) is 11.9 Å². The molecule has 1 unspecified atom stereocenters. The molecule has 7 nitrogen and oxygen atoms in total. The van der Waals surface area contributed by atoms with Gasteiger partial charge in [-0.3, -0.25) is 24.1 Å². The number of anilines is 1. The summed E-state index contributed by atoms with van der Waals surface area (Å²) in [7, 11) is 0. The molecule has 1 N–H and O–H groups in total. The van der Waals surface area contributed by atoms with Crippen LogP contribution in [0.2, 0.25) is 0 Å². The van der Waals surface area contributed by atoms with E-state index in [2.05, 4.69) is 5.32 Å². The molecule has 0 radical (unpaired) electrons. The predicted octanol–water partition coefficient (Wildman–Crippen LogP) is 1.99. The minimum Gasteiger partial charge on any atom is -0.451 e. The van der Waals surface area contributed by atoms with Crippen LogP contribution in [0, 0.1) is 5.82 Å². The molecule has 3 rings (SSSR count). The molecule has 0 aromatic heterocycles. The summed E-state index contributed by atoms with van der Waals surface area (Å²) in [5.41, 5.74) is 0.777. The topological polar surface area (TPSA) is 92.8 Å². The second-order valence-corrected chi connectivity index (χ2v) is 5.87. The molecule has 0 aliphatic carbocycles. The van der Waals surface area contributed by atoms with Gasteiger partial charge in [0.1, 0.15) is 12.4 Å². The minimum absolute atomic E-state index is 0.220. The van der Waals surface area contributed by atoms with E-state index < -0.39 is 42.2 Å². The first-order valence-electron chi connectivity index (χ1n) is 8.08. The molecule has 3 amide bonds. The summed E-state index contributed by atoms with van der Waals surface area (Å²) in [5, 5.41) is 2.47. The highest BCUT2D eigenvalue weighted by molar-refractivity contribution is 6.22. The second-order valence-electron chi connectivity index (χ2n) is 5.87. The molecule has 2 aromatic carbocycles. The van der Waals surface area contributed by atoms with E-state index in [4.69, 9.17) is 4.74 Å². The highest BCUT2D eigenvalue weighted by atomic mass is 19.1. The van der Waals surface area contributed by atoms with Crippen molar-refractivity contribution in [1.82, 2.24) is 4.90 Å². The first-order chi connectivity index (χ1) is 12.9. The number of hydrogen-bond donors (Lipinski definition) is 1. The second kappa shape index (κ2) is 7.36. The Balaban J connectivity index is 1.57. The van der Waals surface area contributed by atoms with E-state index in [0.717, 1.165) is 4.90 Å². The fourth-order valence-corrected chi connectivity index (χ4v) is 2.58. The lowest BCUT2D eigenvalue weighted by Crippen LogP contribution is -2.38. The Bertz CT molecular complexity index is 891. The van der Waals surface area contributed by atoms with E-state index in [9.17, 15) is 23.6 Å². The standard InChI is InChI=1S/C19H15FN2O5/c1-11(17(24)21-13-8-6-12(20)7-9-13)27-16(23)10-22-18(25)14-4-2-3-5-15(14)19(22)26/h2-9,11H,10H2,1H3,(H,21,24). The van der Waals surface area contributed by atoms with Crippen molar-refractivity contribution >= 4 is 29.4 Å². The summed E-state index contributed by atoms with van der Waals surface area (Å²) < 4.78 is 17.9. The van der Waals surface area contributed by atoms with E-state index in [1.54, 1.807) is 12.1 Å². The number of carbonyl (C=O) groups is 4. The van der Waals surface area contributed by atoms with Gasteiger partial charge in [-0.15, -0.1) is 0 Å². The van der Waals surface area contributed by atoms with Crippen molar-refractivity contribution < 1.29 is 28.3 Å². The van der Waals surface area contributed by atoms with Crippen molar-refractivity contribution in [2.45, 2.75) is 13.0 Å². The summed E-state index contributed by atoms with van der Waals surface area (Å²) in [6.45, 7) is 0.750. The van der Waals surface area contributed by atoms with Crippen molar-refractivity contribution in [3.8, 4) is 0 Å². The molecule has 1 heterocycles. The predicted molar refractivity (Wildman–Crippen MR) is 92.4 cm³/mol. The lowest BCUT2D eigenvalue weighted by Gasteiger charge is -2.16. The number of nitrogens with zero attached hydrogens (tertiary/aromatic N) is 1. The van der Waals surface area contributed by atoms with Gasteiger partial charge in [0.15, 0.2) is 6.10 Å². The summed E-state index contributed by atoms with van der Waals surface area (Å²) in [4.78, 5) is 49.3. The van der Waals surface area contributed by atoms with Gasteiger partial charge in [0, 0.05) is 5.69 Å². The van der Waals surface area contributed by atoms with Crippen molar-refractivity contribution in [2.24, 2.45) is 0 Å². The molecule has 0 saturated carbocycles. The number of nitrogens with one attached hydrogen (secondary N) is 1. The zero-order valence-corrected chi connectivity index (χ0v) is 14.3. The van der Waals surface area contributed by atoms with E-state index in [-0.39, 0.29) is 11.1 Å². The van der Waals surface area contributed by atoms with E-state index in [1.807, 2.05) is 0 Å². The molecular weight excluding hydrogens is 355 g/mol. The van der Waals surface area contributed by atoms with Gasteiger partial charge in [-0.05, 0) is 43.3 Å². The fraction of sp³-hybridized carbons (Fsp3) is 0.158. The van der Waals surface area contributed by atoms with Crippen LogP contribution in [0.25, 0.3) is 0 Å². The van der Waals surface area contributed by atoms with Crippen LogP contribution in [0.4, 0.5) is 10.1 Å². The molecule has 138 valence electrons. The molecular formula is C19H15FN2O5. The van der Waals surface area contributed by atoms with Crippen LogP contribution in [-0.4, -0.2) is 41.2 Å². The van der Waals surface area contributed by atoms with E-state index >= 15 is 0 Å². The lowest BCUT2D eigenvalue weighted by molar-refractivity contribution is -0.153. The third kappa shape index (κ3) is 3.84. The van der Waals surface area contributed by atoms with Crippen LogP contribution in [0.1, 0.15) is 27.6 Å². The number of benzene rings is 2. The van der Waals surface area contributed by atoms with Gasteiger partial charge < -0.3 is 10.1 Å². The van der Waals surface area contributed by atoms with Crippen LogP contribution in [0.15, 0.2) is 48.5 Å². The number of imide groups is 1. The SMILES string of the molecule is CC(OC(=O)CN1C(=O)c2ccccc2C1=O)C(=O)Nc1ccc(F)cc1. The zero-order valence-electron chi connectivity index (χ0n) is 14.3. The number of carbonyl (C=O) groups excluding carboxylic acids is 4. The van der Waals surface area contributed by atoms with Crippen LogP contribution in [-0.2, 0) is 14.3 Å². The average Bonchev–Trinajstić information content (AvgIpc) is 2.89. The maximum absolute atomic E-state index is 12.9. The number of esters is 1. The summed E-state index contributed by atoms with van der Waals surface area (Å²) in [5.74, 6) is -3.15. The quantitative estimate of drug-likeness (QED) is 0.642. The van der Waals surface area contributed by atoms with Gasteiger partial charge >= 0.3 is 5.97 Å². The third-order valence-corrected chi connectivity index (χ3v) is 3.95. The van der Waals surface area contributed by atoms with Gasteiger partial charge in [0.25, 0.3) is 17.7 Å². The van der Waals surface area contributed by atoms with Gasteiger partial charge in [-0.2, -0.15) is 0 Å². The molecule has 2 aromatic rings. The fourth-order valence-electron chi connectivity index (χ4n) is 2.58. The number of hydrogen-bond acceptors (Lipinski definition) is 5. The normalized spacial score (nSPS) is 13.9. The summed E-state index contributed by atoms with van der Waals surface area (Å²) >= 11 is 0. The molecule has 1 aliphatic heterocycles. The maximum Gasteiger partial charge on any atom is 0.326 e. The number of fused-ring (bicyclic) bond motifs is 1. The van der Waals surface area contributed by atoms with Crippen LogP contribution >= 0.6 is 0 Å². The largest absolute Gasteiger partial charge is 0.451 e. The molecule has 0 saturated heterocycles. The maximum atomic E-state index is 12.9. The molecule has 1 aliphatic rings. The van der Waals surface area contributed by atoms with Gasteiger partial charge in [0.05, 0.1) is 11.1 Å². The van der Waals surface area contributed by atoms with Crippen LogP contribution in [0.5, 0.6) is 0 Å². The summed E-state index contributed by atoms with van der Waals surface area (Å²) in [6, 6.07) is 11.3. The van der Waals surface area contributed by atoms with Crippen LogP contribution < -0.4 is 5.32 Å². The monoisotopic (exact) mass is 370 g/mol. The number of halogens is 1. The van der Waals surface area contributed by atoms with Crippen molar-refractivity contribution in [3.63, 3.8) is 0 Å². The number of ether oxygens (including phenoxy) is 1. The Hall–Kier alpha value is -3.55. The smallest absolute Gasteiger partial charge is 0.326 e. The highest BCUT2D eigenvalue weighted by Gasteiger charge is 2.37. The third-order valence-electron chi connectivity index (χ3n) is 3.95. The van der Waals surface area contributed by atoms with E-state index in [1.165, 1.54) is 43.3 Å². The average molecular weight is 370 g/mol. The first kappa shape index (κ1) is 18.2.